The first-order valence-electron chi connectivity index (χ1n) is 6.57. The van der Waals surface area contributed by atoms with Gasteiger partial charge >= 0.3 is 12.0 Å². The number of anilines is 1. The number of urea groups is 1. The Morgan fingerprint density at radius 1 is 1.40 bits per heavy atom. The molecule has 1 unspecified atom stereocenters. The minimum atomic E-state index is -1.11. The number of carboxylic acids is 1. The molecule has 0 saturated heterocycles. The minimum absolute atomic E-state index is 0.0147. The van der Waals surface area contributed by atoms with E-state index in [1.54, 1.807) is 0 Å². The van der Waals surface area contributed by atoms with E-state index in [2.05, 4.69) is 10.6 Å². The summed E-state index contributed by atoms with van der Waals surface area (Å²) in [6.45, 7) is 1.96. The summed E-state index contributed by atoms with van der Waals surface area (Å²) >= 11 is 5.83. The first-order valence-corrected chi connectivity index (χ1v) is 6.95. The summed E-state index contributed by atoms with van der Waals surface area (Å²) < 4.78 is 0. The number of halogens is 1. The molecular formula is C14H17ClN2O3. The van der Waals surface area contributed by atoms with Gasteiger partial charge in [-0.05, 0) is 43.9 Å². The highest BCUT2D eigenvalue weighted by Gasteiger charge is 2.25. The molecule has 2 amide bonds. The van der Waals surface area contributed by atoms with Crippen molar-refractivity contribution in [2.24, 2.45) is 5.92 Å². The van der Waals surface area contributed by atoms with Crippen molar-refractivity contribution in [3.63, 3.8) is 0 Å². The standard InChI is InChI=1S/C14H17ClN2O3/c1-8(9-3-2-4-9)16-14(20)17-12-7-10(15)5-6-11(12)13(18)19/h5-9H,2-4H2,1H3,(H,18,19)(H2,16,17,20). The highest BCUT2D eigenvalue weighted by Crippen LogP contribution is 2.29. The van der Waals surface area contributed by atoms with Crippen LogP contribution < -0.4 is 10.6 Å². The minimum Gasteiger partial charge on any atom is -0.478 e. The van der Waals surface area contributed by atoms with Gasteiger partial charge in [0.2, 0.25) is 0 Å². The lowest BCUT2D eigenvalue weighted by Crippen LogP contribution is -2.42. The first-order chi connectivity index (χ1) is 9.47. The smallest absolute Gasteiger partial charge is 0.337 e. The third kappa shape index (κ3) is 3.42. The average Bonchev–Trinajstić information content (AvgIpc) is 2.25. The Labute approximate surface area is 122 Å². The van der Waals surface area contributed by atoms with Crippen LogP contribution in [-0.2, 0) is 0 Å². The molecule has 108 valence electrons. The fraction of sp³-hybridized carbons (Fsp3) is 0.429. The zero-order valence-corrected chi connectivity index (χ0v) is 11.9. The predicted molar refractivity (Wildman–Crippen MR) is 77.4 cm³/mol. The summed E-state index contributed by atoms with van der Waals surface area (Å²) in [7, 11) is 0. The monoisotopic (exact) mass is 296 g/mol. The molecule has 0 spiro atoms. The van der Waals surface area contributed by atoms with Crippen LogP contribution in [-0.4, -0.2) is 23.1 Å². The Kier molecular flexibility index (Phi) is 4.49. The van der Waals surface area contributed by atoms with Crippen molar-refractivity contribution in [3.8, 4) is 0 Å². The quantitative estimate of drug-likeness (QED) is 0.797. The van der Waals surface area contributed by atoms with E-state index >= 15 is 0 Å². The van der Waals surface area contributed by atoms with Crippen molar-refractivity contribution in [2.75, 3.05) is 5.32 Å². The van der Waals surface area contributed by atoms with E-state index in [4.69, 9.17) is 16.7 Å². The second-order valence-electron chi connectivity index (χ2n) is 5.07. The van der Waals surface area contributed by atoms with Crippen molar-refractivity contribution in [2.45, 2.75) is 32.2 Å². The van der Waals surface area contributed by atoms with Crippen LogP contribution >= 0.6 is 11.6 Å². The Balaban J connectivity index is 2.03. The number of amides is 2. The molecule has 1 aromatic rings. The molecule has 0 heterocycles. The molecular weight excluding hydrogens is 280 g/mol. The number of hydrogen-bond acceptors (Lipinski definition) is 2. The number of carbonyl (C=O) groups is 2. The van der Waals surface area contributed by atoms with Crippen molar-refractivity contribution >= 4 is 29.3 Å². The van der Waals surface area contributed by atoms with E-state index in [1.807, 2.05) is 6.92 Å². The van der Waals surface area contributed by atoms with Crippen molar-refractivity contribution < 1.29 is 14.7 Å². The van der Waals surface area contributed by atoms with Gasteiger partial charge in [0.05, 0.1) is 11.3 Å². The van der Waals surface area contributed by atoms with Gasteiger partial charge in [-0.3, -0.25) is 0 Å². The Morgan fingerprint density at radius 3 is 2.65 bits per heavy atom. The second-order valence-corrected chi connectivity index (χ2v) is 5.51. The van der Waals surface area contributed by atoms with Gasteiger partial charge in [-0.2, -0.15) is 0 Å². The largest absolute Gasteiger partial charge is 0.478 e. The van der Waals surface area contributed by atoms with Gasteiger partial charge in [0.1, 0.15) is 0 Å². The number of aromatic carboxylic acids is 1. The maximum Gasteiger partial charge on any atom is 0.337 e. The first kappa shape index (κ1) is 14.7. The summed E-state index contributed by atoms with van der Waals surface area (Å²) in [5.41, 5.74) is 0.212. The van der Waals surface area contributed by atoms with E-state index < -0.39 is 12.0 Å². The number of carboxylic acid groups (broad SMARTS) is 1. The van der Waals surface area contributed by atoms with Crippen LogP contribution in [0.1, 0.15) is 36.5 Å². The lowest BCUT2D eigenvalue weighted by atomic mass is 9.80. The number of carbonyl (C=O) groups excluding carboxylic acids is 1. The zero-order chi connectivity index (χ0) is 14.7. The van der Waals surface area contributed by atoms with E-state index in [0.717, 1.165) is 12.8 Å². The molecule has 1 fully saturated rings. The Hall–Kier alpha value is -1.75. The molecule has 0 aromatic heterocycles. The molecule has 1 aromatic carbocycles. The summed E-state index contributed by atoms with van der Waals surface area (Å²) in [5.74, 6) is -0.594. The van der Waals surface area contributed by atoms with Gasteiger partial charge in [0.15, 0.2) is 0 Å². The zero-order valence-electron chi connectivity index (χ0n) is 11.1. The van der Waals surface area contributed by atoms with Crippen molar-refractivity contribution in [1.29, 1.82) is 0 Å². The molecule has 1 saturated carbocycles. The van der Waals surface area contributed by atoms with Crippen LogP contribution in [0.5, 0.6) is 0 Å². The van der Waals surface area contributed by atoms with Gasteiger partial charge in [-0.25, -0.2) is 9.59 Å². The highest BCUT2D eigenvalue weighted by atomic mass is 35.5. The second kappa shape index (κ2) is 6.13. The molecule has 3 N–H and O–H groups in total. The third-order valence-corrected chi connectivity index (χ3v) is 3.91. The van der Waals surface area contributed by atoms with Crippen LogP contribution in [0.25, 0.3) is 0 Å². The number of rotatable bonds is 4. The molecule has 1 atom stereocenters. The molecule has 5 nitrogen and oxygen atoms in total. The number of benzene rings is 1. The highest BCUT2D eigenvalue weighted by molar-refractivity contribution is 6.31. The molecule has 20 heavy (non-hydrogen) atoms. The molecule has 2 rings (SSSR count). The van der Waals surface area contributed by atoms with Crippen LogP contribution in [0.4, 0.5) is 10.5 Å². The van der Waals surface area contributed by atoms with Gasteiger partial charge in [-0.1, -0.05) is 18.0 Å². The maximum atomic E-state index is 11.9. The van der Waals surface area contributed by atoms with Crippen LogP contribution in [0.3, 0.4) is 0 Å². The third-order valence-electron chi connectivity index (χ3n) is 3.68. The summed E-state index contributed by atoms with van der Waals surface area (Å²) in [6, 6.07) is 3.95. The molecule has 1 aliphatic rings. The van der Waals surface area contributed by atoms with E-state index in [0.29, 0.717) is 10.9 Å². The van der Waals surface area contributed by atoms with Crippen LogP contribution in [0, 0.1) is 5.92 Å². The summed E-state index contributed by atoms with van der Waals surface area (Å²) in [6.07, 6.45) is 3.45. The fourth-order valence-corrected chi connectivity index (χ4v) is 2.40. The normalized spacial score (nSPS) is 16.1. The lowest BCUT2D eigenvalue weighted by Gasteiger charge is -2.31. The van der Waals surface area contributed by atoms with Gasteiger partial charge < -0.3 is 15.7 Å². The SMILES string of the molecule is CC(NC(=O)Nc1cc(Cl)ccc1C(=O)O)C1CCC1. The van der Waals surface area contributed by atoms with Crippen LogP contribution in [0.15, 0.2) is 18.2 Å². The van der Waals surface area contributed by atoms with Crippen molar-refractivity contribution in [3.05, 3.63) is 28.8 Å². The Bertz CT molecular complexity index is 529. The van der Waals surface area contributed by atoms with Gasteiger partial charge in [0.25, 0.3) is 0 Å². The lowest BCUT2D eigenvalue weighted by molar-refractivity contribution is 0.0698. The van der Waals surface area contributed by atoms with E-state index in [-0.39, 0.29) is 17.3 Å². The molecule has 6 heteroatoms. The molecule has 1 aliphatic carbocycles. The average molecular weight is 297 g/mol. The summed E-state index contributed by atoms with van der Waals surface area (Å²) in [4.78, 5) is 23.0. The predicted octanol–water partition coefficient (Wildman–Crippen LogP) is 3.35. The summed E-state index contributed by atoms with van der Waals surface area (Å²) in [5, 5.41) is 14.8. The van der Waals surface area contributed by atoms with E-state index in [1.165, 1.54) is 24.6 Å². The van der Waals surface area contributed by atoms with Gasteiger partial charge in [0, 0.05) is 11.1 Å². The van der Waals surface area contributed by atoms with Crippen molar-refractivity contribution in [1.82, 2.24) is 5.32 Å². The Morgan fingerprint density at radius 2 is 2.10 bits per heavy atom. The van der Waals surface area contributed by atoms with Crippen LogP contribution in [0.2, 0.25) is 5.02 Å². The maximum absolute atomic E-state index is 11.9. The van der Waals surface area contributed by atoms with E-state index in [9.17, 15) is 9.59 Å². The van der Waals surface area contributed by atoms with Gasteiger partial charge in [-0.15, -0.1) is 0 Å². The fourth-order valence-electron chi connectivity index (χ4n) is 2.23. The number of nitrogens with one attached hydrogen (secondary N) is 2. The molecule has 0 bridgehead atoms. The molecule has 0 aliphatic heterocycles. The number of hydrogen-bond donors (Lipinski definition) is 3. The topological polar surface area (TPSA) is 78.4 Å². The molecule has 0 radical (unpaired) electrons.